The first-order chi connectivity index (χ1) is 7.97. The largest absolute Gasteiger partial charge is 0.478 e. The molecule has 0 aromatic rings. The van der Waals surface area contributed by atoms with Crippen LogP contribution in [0.2, 0.25) is 0 Å². The molecule has 0 aromatic heterocycles. The molecule has 5 nitrogen and oxygen atoms in total. The molecule has 1 aliphatic rings. The number of ketones is 1. The highest BCUT2D eigenvalue weighted by molar-refractivity contribution is 6.09. The van der Waals surface area contributed by atoms with E-state index in [-0.39, 0.29) is 30.7 Å². The van der Waals surface area contributed by atoms with Crippen LogP contribution in [0.15, 0.2) is 11.3 Å². The van der Waals surface area contributed by atoms with E-state index in [1.54, 1.807) is 20.8 Å². The van der Waals surface area contributed by atoms with E-state index >= 15 is 0 Å². The Morgan fingerprint density at radius 3 is 2.76 bits per heavy atom. The van der Waals surface area contributed by atoms with Crippen LogP contribution in [0.4, 0.5) is 0 Å². The van der Waals surface area contributed by atoms with E-state index in [0.29, 0.717) is 5.57 Å². The number of Topliss-reactive ketones (excluding diaryl/α,β-unsaturated/α-hetero) is 1. The Bertz CT molecular complexity index is 353. The molecule has 1 aliphatic heterocycles. The van der Waals surface area contributed by atoms with E-state index in [1.807, 2.05) is 0 Å². The zero-order chi connectivity index (χ0) is 13.0. The van der Waals surface area contributed by atoms with Crippen molar-refractivity contribution in [3.8, 4) is 0 Å². The van der Waals surface area contributed by atoms with E-state index < -0.39 is 12.0 Å². The molecule has 2 unspecified atom stereocenters. The molecule has 92 valence electrons. The Kier molecular flexibility index (Phi) is 4.75. The summed E-state index contributed by atoms with van der Waals surface area (Å²) in [7, 11) is 5.26. The van der Waals surface area contributed by atoms with Crippen molar-refractivity contribution in [3.05, 3.63) is 11.3 Å². The van der Waals surface area contributed by atoms with E-state index in [2.05, 4.69) is 5.32 Å². The molecule has 0 aromatic carbocycles. The lowest BCUT2D eigenvalue weighted by atomic mass is 10.1. The minimum absolute atomic E-state index is 0.144. The zero-order valence-electron chi connectivity index (χ0n) is 10.3. The number of carbonyl (C=O) groups excluding carboxylic acids is 2. The SMILES string of the molecule is [B]CNC(C)C(=O)COC1=C(C)C(C)OC1=O. The Hall–Kier alpha value is -1.30. The lowest BCUT2D eigenvalue weighted by Crippen LogP contribution is -2.37. The first-order valence-electron chi connectivity index (χ1n) is 5.48. The molecular weight excluding hydrogens is 221 g/mol. The van der Waals surface area contributed by atoms with Gasteiger partial charge in [-0.3, -0.25) is 4.79 Å². The van der Waals surface area contributed by atoms with Gasteiger partial charge in [-0.15, -0.1) is 0 Å². The highest BCUT2D eigenvalue weighted by Crippen LogP contribution is 2.22. The van der Waals surface area contributed by atoms with Crippen molar-refractivity contribution >= 4 is 19.6 Å². The Labute approximate surface area is 102 Å². The molecule has 1 rings (SSSR count). The van der Waals surface area contributed by atoms with Gasteiger partial charge in [0.25, 0.3) is 0 Å². The molecule has 0 fully saturated rings. The van der Waals surface area contributed by atoms with Crippen molar-refractivity contribution in [2.75, 3.05) is 13.1 Å². The van der Waals surface area contributed by atoms with Crippen molar-refractivity contribution in [3.63, 3.8) is 0 Å². The maximum atomic E-state index is 11.6. The van der Waals surface area contributed by atoms with Crippen molar-refractivity contribution in [1.82, 2.24) is 5.32 Å². The second-order valence-electron chi connectivity index (χ2n) is 3.94. The first kappa shape index (κ1) is 13.8. The average Bonchev–Trinajstić information content (AvgIpc) is 2.51. The molecule has 6 heteroatoms. The number of ether oxygens (including phenoxy) is 2. The molecule has 0 aliphatic carbocycles. The molecule has 0 saturated heterocycles. The van der Waals surface area contributed by atoms with E-state index in [0.717, 1.165) is 0 Å². The lowest BCUT2D eigenvalue weighted by molar-refractivity contribution is -0.142. The van der Waals surface area contributed by atoms with Gasteiger partial charge >= 0.3 is 5.97 Å². The number of rotatable bonds is 6. The number of nitrogens with one attached hydrogen (secondary N) is 1. The minimum atomic E-state index is -0.512. The van der Waals surface area contributed by atoms with Crippen LogP contribution in [0, 0.1) is 0 Å². The standard InChI is InChI=1S/C11H16BNO4/c1-6-8(3)17-11(15)10(6)16-4-9(14)7(2)13-5-12/h7-8,13H,4-5H2,1-3H3. The molecule has 2 radical (unpaired) electrons. The molecule has 0 amide bonds. The van der Waals surface area contributed by atoms with Gasteiger partial charge in [-0.05, 0) is 27.2 Å². The highest BCUT2D eigenvalue weighted by Gasteiger charge is 2.30. The summed E-state index contributed by atoms with van der Waals surface area (Å²) >= 11 is 0. The number of cyclic esters (lactones) is 1. The minimum Gasteiger partial charge on any atom is -0.478 e. The summed E-state index contributed by atoms with van der Waals surface area (Å²) in [4.78, 5) is 22.9. The normalized spacial score (nSPS) is 21.4. The monoisotopic (exact) mass is 237 g/mol. The fourth-order valence-corrected chi connectivity index (χ4v) is 1.38. The smallest absolute Gasteiger partial charge is 0.374 e. The maximum absolute atomic E-state index is 11.6. The average molecular weight is 237 g/mol. The van der Waals surface area contributed by atoms with Gasteiger partial charge in [0.1, 0.15) is 12.7 Å². The predicted molar refractivity (Wildman–Crippen MR) is 62.4 cm³/mol. The molecule has 17 heavy (non-hydrogen) atoms. The fourth-order valence-electron chi connectivity index (χ4n) is 1.38. The third-order valence-corrected chi connectivity index (χ3v) is 2.70. The van der Waals surface area contributed by atoms with Crippen molar-refractivity contribution in [1.29, 1.82) is 0 Å². The quantitative estimate of drug-likeness (QED) is 0.516. The van der Waals surface area contributed by atoms with Gasteiger partial charge in [0.15, 0.2) is 5.78 Å². The van der Waals surface area contributed by atoms with Crippen LogP contribution >= 0.6 is 0 Å². The summed E-state index contributed by atoms with van der Waals surface area (Å²) in [6.45, 7) is 5.03. The highest BCUT2D eigenvalue weighted by atomic mass is 16.6. The van der Waals surface area contributed by atoms with Crippen LogP contribution in [-0.2, 0) is 19.1 Å². The van der Waals surface area contributed by atoms with Crippen molar-refractivity contribution in [2.24, 2.45) is 0 Å². The molecule has 1 N–H and O–H groups in total. The second-order valence-corrected chi connectivity index (χ2v) is 3.94. The van der Waals surface area contributed by atoms with Gasteiger partial charge in [-0.25, -0.2) is 4.79 Å². The lowest BCUT2D eigenvalue weighted by Gasteiger charge is -2.11. The summed E-state index contributed by atoms with van der Waals surface area (Å²) in [5.41, 5.74) is 0.710. The predicted octanol–water partition coefficient (Wildman–Crippen LogP) is -0.105. The van der Waals surface area contributed by atoms with Gasteiger partial charge in [-0.2, -0.15) is 0 Å². The second kappa shape index (κ2) is 5.86. The Balaban J connectivity index is 2.51. The maximum Gasteiger partial charge on any atom is 0.374 e. The van der Waals surface area contributed by atoms with E-state index in [1.165, 1.54) is 0 Å². The molecule has 0 spiro atoms. The summed E-state index contributed by atoms with van der Waals surface area (Å²) in [5.74, 6) is -0.531. The van der Waals surface area contributed by atoms with Crippen LogP contribution in [-0.4, -0.2) is 44.8 Å². The van der Waals surface area contributed by atoms with Crippen LogP contribution in [0.25, 0.3) is 0 Å². The first-order valence-corrected chi connectivity index (χ1v) is 5.48. The van der Waals surface area contributed by atoms with Gasteiger partial charge in [0.2, 0.25) is 5.76 Å². The third kappa shape index (κ3) is 3.33. The number of hydrogen-bond acceptors (Lipinski definition) is 5. The van der Waals surface area contributed by atoms with Crippen molar-refractivity contribution in [2.45, 2.75) is 32.9 Å². The number of carbonyl (C=O) groups is 2. The van der Waals surface area contributed by atoms with Gasteiger partial charge in [0.05, 0.1) is 13.9 Å². The zero-order valence-corrected chi connectivity index (χ0v) is 10.3. The summed E-state index contributed by atoms with van der Waals surface area (Å²) < 4.78 is 10.1. The van der Waals surface area contributed by atoms with Gasteiger partial charge in [-0.1, -0.05) is 0 Å². The van der Waals surface area contributed by atoms with Gasteiger partial charge in [0, 0.05) is 5.57 Å². The molecular formula is C11H16BNO4. The third-order valence-electron chi connectivity index (χ3n) is 2.70. The van der Waals surface area contributed by atoms with E-state index in [9.17, 15) is 9.59 Å². The molecule has 2 atom stereocenters. The topological polar surface area (TPSA) is 64.6 Å². The summed E-state index contributed by atoms with van der Waals surface area (Å²) in [5, 5.41) is 2.77. The van der Waals surface area contributed by atoms with Crippen LogP contribution in [0.3, 0.4) is 0 Å². The molecule has 0 saturated carbocycles. The Morgan fingerprint density at radius 2 is 2.29 bits per heavy atom. The molecule has 0 bridgehead atoms. The van der Waals surface area contributed by atoms with Crippen LogP contribution in [0.1, 0.15) is 20.8 Å². The summed E-state index contributed by atoms with van der Waals surface area (Å²) in [6.07, 6.45) is -0.0690. The summed E-state index contributed by atoms with van der Waals surface area (Å²) in [6, 6.07) is -0.393. The van der Waals surface area contributed by atoms with E-state index in [4.69, 9.17) is 17.3 Å². The number of hydrogen-bond donors (Lipinski definition) is 1. The van der Waals surface area contributed by atoms with Crippen molar-refractivity contribution < 1.29 is 19.1 Å². The molecule has 1 heterocycles. The van der Waals surface area contributed by atoms with Gasteiger partial charge < -0.3 is 14.8 Å². The Morgan fingerprint density at radius 1 is 1.65 bits per heavy atom. The number of esters is 1. The van der Waals surface area contributed by atoms with Crippen LogP contribution in [0.5, 0.6) is 0 Å². The van der Waals surface area contributed by atoms with Crippen LogP contribution < -0.4 is 5.32 Å². The fraction of sp³-hybridized carbons (Fsp3) is 0.636.